The Morgan fingerprint density at radius 1 is 1.20 bits per heavy atom. The van der Waals surface area contributed by atoms with Crippen molar-refractivity contribution in [1.82, 2.24) is 9.97 Å². The van der Waals surface area contributed by atoms with Gasteiger partial charge in [-0.15, -0.1) is 0 Å². The van der Waals surface area contributed by atoms with Gasteiger partial charge in [0.2, 0.25) is 5.82 Å². The average Bonchev–Trinajstić information content (AvgIpc) is 2.33. The highest BCUT2D eigenvalue weighted by atomic mass is 19.4. The SMILES string of the molecule is CCNc1cc(NCCOC(C)C)nc(C(F)(F)F)n1. The third-order valence-electron chi connectivity index (χ3n) is 2.20. The second kappa shape index (κ2) is 7.28. The number of alkyl halides is 3. The molecule has 1 aromatic rings. The zero-order valence-corrected chi connectivity index (χ0v) is 11.7. The van der Waals surface area contributed by atoms with Gasteiger partial charge in [0.05, 0.1) is 12.7 Å². The van der Waals surface area contributed by atoms with Crippen LogP contribution in [-0.4, -0.2) is 35.8 Å². The van der Waals surface area contributed by atoms with Gasteiger partial charge in [0, 0.05) is 19.2 Å². The highest BCUT2D eigenvalue weighted by molar-refractivity contribution is 5.47. The van der Waals surface area contributed by atoms with Crippen LogP contribution in [0.15, 0.2) is 6.07 Å². The van der Waals surface area contributed by atoms with Gasteiger partial charge in [-0.1, -0.05) is 0 Å². The summed E-state index contributed by atoms with van der Waals surface area (Å²) in [4.78, 5) is 6.89. The normalized spacial score (nSPS) is 11.8. The smallest absolute Gasteiger partial charge is 0.377 e. The van der Waals surface area contributed by atoms with E-state index < -0.39 is 12.0 Å². The van der Waals surface area contributed by atoms with Gasteiger partial charge in [-0.05, 0) is 20.8 Å². The molecule has 1 rings (SSSR count). The fraction of sp³-hybridized carbons (Fsp3) is 0.667. The quantitative estimate of drug-likeness (QED) is 0.757. The van der Waals surface area contributed by atoms with Gasteiger partial charge in [-0.3, -0.25) is 0 Å². The van der Waals surface area contributed by atoms with E-state index in [2.05, 4.69) is 20.6 Å². The summed E-state index contributed by atoms with van der Waals surface area (Å²) in [6.45, 7) is 6.78. The molecular formula is C12H19F3N4O. The van der Waals surface area contributed by atoms with Crippen molar-refractivity contribution in [2.24, 2.45) is 0 Å². The molecule has 0 saturated heterocycles. The molecular weight excluding hydrogens is 273 g/mol. The molecule has 5 nitrogen and oxygen atoms in total. The number of anilines is 2. The molecule has 8 heteroatoms. The second-order valence-corrected chi connectivity index (χ2v) is 4.34. The maximum Gasteiger partial charge on any atom is 0.451 e. The topological polar surface area (TPSA) is 59.1 Å². The van der Waals surface area contributed by atoms with Crippen LogP contribution in [0.3, 0.4) is 0 Å². The Bertz CT molecular complexity index is 424. The van der Waals surface area contributed by atoms with E-state index in [1.165, 1.54) is 6.07 Å². The maximum atomic E-state index is 12.7. The third kappa shape index (κ3) is 5.60. The summed E-state index contributed by atoms with van der Waals surface area (Å²) >= 11 is 0. The predicted molar refractivity (Wildman–Crippen MR) is 70.8 cm³/mol. The van der Waals surface area contributed by atoms with E-state index in [1.54, 1.807) is 6.92 Å². The average molecular weight is 292 g/mol. The largest absolute Gasteiger partial charge is 0.451 e. The number of nitrogens with zero attached hydrogens (tertiary/aromatic N) is 2. The van der Waals surface area contributed by atoms with Crippen LogP contribution in [-0.2, 0) is 10.9 Å². The first-order chi connectivity index (χ1) is 9.32. The third-order valence-corrected chi connectivity index (χ3v) is 2.20. The van der Waals surface area contributed by atoms with E-state index in [-0.39, 0.29) is 17.7 Å². The standard InChI is InChI=1S/C12H19F3N4O/c1-4-16-9-7-10(17-5-6-20-8(2)3)19-11(18-9)12(13,14)15/h7-8H,4-6H2,1-3H3,(H2,16,17,18,19). The molecule has 20 heavy (non-hydrogen) atoms. The van der Waals surface area contributed by atoms with Crippen molar-refractivity contribution in [3.05, 3.63) is 11.9 Å². The first-order valence-electron chi connectivity index (χ1n) is 6.38. The molecule has 0 aliphatic carbocycles. The van der Waals surface area contributed by atoms with Gasteiger partial charge in [0.1, 0.15) is 11.6 Å². The van der Waals surface area contributed by atoms with Gasteiger partial charge >= 0.3 is 6.18 Å². The molecule has 1 heterocycles. The lowest BCUT2D eigenvalue weighted by Crippen LogP contribution is -2.17. The highest BCUT2D eigenvalue weighted by Crippen LogP contribution is 2.28. The summed E-state index contributed by atoms with van der Waals surface area (Å²) in [7, 11) is 0. The number of aromatic nitrogens is 2. The zero-order chi connectivity index (χ0) is 15.2. The van der Waals surface area contributed by atoms with Crippen LogP contribution in [0, 0.1) is 0 Å². The Kier molecular flexibility index (Phi) is 6.00. The van der Waals surface area contributed by atoms with Crippen molar-refractivity contribution in [1.29, 1.82) is 0 Å². The van der Waals surface area contributed by atoms with Gasteiger partial charge < -0.3 is 15.4 Å². The summed E-state index contributed by atoms with van der Waals surface area (Å²) in [6, 6.07) is 1.44. The van der Waals surface area contributed by atoms with Crippen molar-refractivity contribution in [3.8, 4) is 0 Å². The van der Waals surface area contributed by atoms with Gasteiger partial charge in [0.25, 0.3) is 0 Å². The summed E-state index contributed by atoms with van der Waals surface area (Å²) < 4.78 is 43.3. The van der Waals surface area contributed by atoms with E-state index in [4.69, 9.17) is 4.74 Å². The Labute approximate surface area is 116 Å². The lowest BCUT2D eigenvalue weighted by molar-refractivity contribution is -0.144. The van der Waals surface area contributed by atoms with Crippen molar-refractivity contribution >= 4 is 11.6 Å². The van der Waals surface area contributed by atoms with Crippen molar-refractivity contribution in [2.45, 2.75) is 33.1 Å². The van der Waals surface area contributed by atoms with Crippen LogP contribution >= 0.6 is 0 Å². The van der Waals surface area contributed by atoms with Gasteiger partial charge in [0.15, 0.2) is 0 Å². The van der Waals surface area contributed by atoms with Crippen LogP contribution in [0.25, 0.3) is 0 Å². The summed E-state index contributed by atoms with van der Waals surface area (Å²) in [6.07, 6.45) is -4.50. The molecule has 0 atom stereocenters. The fourth-order valence-electron chi connectivity index (χ4n) is 1.41. The molecule has 0 aliphatic rings. The number of hydrogen-bond donors (Lipinski definition) is 2. The lowest BCUT2D eigenvalue weighted by Gasteiger charge is -2.13. The van der Waals surface area contributed by atoms with E-state index in [9.17, 15) is 13.2 Å². The van der Waals surface area contributed by atoms with Crippen molar-refractivity contribution in [3.63, 3.8) is 0 Å². The van der Waals surface area contributed by atoms with Gasteiger partial charge in [-0.25, -0.2) is 9.97 Å². The number of hydrogen-bond acceptors (Lipinski definition) is 5. The fourth-order valence-corrected chi connectivity index (χ4v) is 1.41. The van der Waals surface area contributed by atoms with E-state index in [1.807, 2.05) is 13.8 Å². The molecule has 0 bridgehead atoms. The number of ether oxygens (including phenoxy) is 1. The predicted octanol–water partition coefficient (Wildman–Crippen LogP) is 2.76. The first-order valence-corrected chi connectivity index (χ1v) is 6.38. The van der Waals surface area contributed by atoms with Crippen LogP contribution in [0.2, 0.25) is 0 Å². The summed E-state index contributed by atoms with van der Waals surface area (Å²) in [5.74, 6) is -0.902. The van der Waals surface area contributed by atoms with Gasteiger partial charge in [-0.2, -0.15) is 13.2 Å². The van der Waals surface area contributed by atoms with Crippen molar-refractivity contribution < 1.29 is 17.9 Å². The van der Waals surface area contributed by atoms with Crippen molar-refractivity contribution in [2.75, 3.05) is 30.3 Å². The monoisotopic (exact) mass is 292 g/mol. The minimum atomic E-state index is -4.57. The summed E-state index contributed by atoms with van der Waals surface area (Å²) in [5.41, 5.74) is 0. The first kappa shape index (κ1) is 16.5. The molecule has 0 radical (unpaired) electrons. The Morgan fingerprint density at radius 3 is 2.30 bits per heavy atom. The van der Waals surface area contributed by atoms with Crippen LogP contribution in [0.5, 0.6) is 0 Å². The minimum Gasteiger partial charge on any atom is -0.377 e. The Hall–Kier alpha value is -1.57. The van der Waals surface area contributed by atoms with Crippen LogP contribution in [0.1, 0.15) is 26.6 Å². The molecule has 0 aliphatic heterocycles. The molecule has 114 valence electrons. The molecule has 0 saturated carbocycles. The highest BCUT2D eigenvalue weighted by Gasteiger charge is 2.35. The minimum absolute atomic E-state index is 0.0743. The van der Waals surface area contributed by atoms with E-state index in [0.29, 0.717) is 19.7 Å². The lowest BCUT2D eigenvalue weighted by atomic mass is 10.4. The van der Waals surface area contributed by atoms with Crippen LogP contribution < -0.4 is 10.6 Å². The number of rotatable bonds is 7. The Balaban J connectivity index is 2.76. The van der Waals surface area contributed by atoms with E-state index >= 15 is 0 Å². The van der Waals surface area contributed by atoms with Crippen LogP contribution in [0.4, 0.5) is 24.8 Å². The molecule has 0 spiro atoms. The zero-order valence-electron chi connectivity index (χ0n) is 11.7. The summed E-state index contributed by atoms with van der Waals surface area (Å²) in [5, 5.41) is 5.54. The second-order valence-electron chi connectivity index (χ2n) is 4.34. The molecule has 2 N–H and O–H groups in total. The Morgan fingerprint density at radius 2 is 1.80 bits per heavy atom. The number of nitrogens with one attached hydrogen (secondary N) is 2. The van der Waals surface area contributed by atoms with E-state index in [0.717, 1.165) is 0 Å². The number of halogens is 3. The molecule has 0 fully saturated rings. The maximum absolute atomic E-state index is 12.7. The molecule has 0 aromatic carbocycles. The molecule has 0 unspecified atom stereocenters. The molecule has 0 amide bonds. The molecule has 1 aromatic heterocycles.